The number of hydroxylamine groups is 1. The van der Waals surface area contributed by atoms with Crippen LogP contribution in [0, 0.1) is 21.4 Å². The summed E-state index contributed by atoms with van der Waals surface area (Å²) in [6.07, 6.45) is 2.74. The first-order chi connectivity index (χ1) is 14.3. The van der Waals surface area contributed by atoms with E-state index in [4.69, 9.17) is 0 Å². The van der Waals surface area contributed by atoms with Crippen LogP contribution in [0.25, 0.3) is 0 Å². The number of hydrogen-bond acceptors (Lipinski definition) is 7. The quantitative estimate of drug-likeness (QED) is 0.423. The number of nitrogens with zero attached hydrogens (tertiary/aromatic N) is 4. The number of piperidine rings is 1. The Bertz CT molecular complexity index is 832. The number of carbonyl (C=O) groups excluding carboxylic acids is 2. The van der Waals surface area contributed by atoms with Crippen LogP contribution in [-0.2, 0) is 9.59 Å². The third-order valence-electron chi connectivity index (χ3n) is 6.77. The van der Waals surface area contributed by atoms with Gasteiger partial charge in [0, 0.05) is 50.5 Å². The Kier molecular flexibility index (Phi) is 5.37. The molecule has 1 spiro atoms. The van der Waals surface area contributed by atoms with Crippen molar-refractivity contribution in [1.29, 1.82) is 0 Å². The lowest BCUT2D eigenvalue weighted by atomic mass is 9.80. The highest BCUT2D eigenvalue weighted by atomic mass is 16.6. The molecule has 1 saturated carbocycles. The Hall–Kier alpha value is -2.72. The fourth-order valence-electron chi connectivity index (χ4n) is 4.95. The number of amides is 2. The number of carbonyl (C=O) groups is 2. The molecule has 2 heterocycles. The second kappa shape index (κ2) is 7.84. The third kappa shape index (κ3) is 3.84. The van der Waals surface area contributed by atoms with Gasteiger partial charge in [-0.05, 0) is 43.9 Å². The molecular formula is C20H27N5O5. The van der Waals surface area contributed by atoms with Crippen LogP contribution in [0.2, 0.25) is 0 Å². The number of nitro benzene ring substituents is 1. The van der Waals surface area contributed by atoms with Crippen LogP contribution in [0.3, 0.4) is 0 Å². The standard InChI is InChI=1S/C20H27N5O5/c1-22-13-20(6-7-20)12-16(18(26)21-28)17(22)19(27)24-10-8-23(9-11-24)14-2-4-15(5-3-14)25(29)30/h2-5,16-17,28H,6-13H2,1H3,(H,21,26)/t16-,17-/m0/s1. The molecule has 3 fully saturated rings. The lowest BCUT2D eigenvalue weighted by Gasteiger charge is -2.45. The number of piperazine rings is 1. The number of non-ortho nitro benzene ring substituents is 1. The molecule has 0 radical (unpaired) electrons. The fraction of sp³-hybridized carbons (Fsp3) is 0.600. The summed E-state index contributed by atoms with van der Waals surface area (Å²) in [6, 6.07) is 5.84. The smallest absolute Gasteiger partial charge is 0.269 e. The first-order valence-electron chi connectivity index (χ1n) is 10.3. The molecule has 2 saturated heterocycles. The van der Waals surface area contributed by atoms with Gasteiger partial charge in [-0.2, -0.15) is 0 Å². The van der Waals surface area contributed by atoms with Gasteiger partial charge in [0.25, 0.3) is 5.69 Å². The normalized spacial score (nSPS) is 25.8. The Labute approximate surface area is 174 Å². The number of anilines is 1. The van der Waals surface area contributed by atoms with E-state index in [1.807, 2.05) is 11.9 Å². The van der Waals surface area contributed by atoms with Crippen LogP contribution in [0.4, 0.5) is 11.4 Å². The highest BCUT2D eigenvalue weighted by Gasteiger charge is 2.55. The summed E-state index contributed by atoms with van der Waals surface area (Å²) in [4.78, 5) is 41.9. The fourth-order valence-corrected chi connectivity index (χ4v) is 4.95. The Balaban J connectivity index is 1.41. The van der Waals surface area contributed by atoms with Crippen LogP contribution in [0.15, 0.2) is 24.3 Å². The Morgan fingerprint density at radius 2 is 1.80 bits per heavy atom. The summed E-state index contributed by atoms with van der Waals surface area (Å²) >= 11 is 0. The summed E-state index contributed by atoms with van der Waals surface area (Å²) in [5.74, 6) is -1.13. The van der Waals surface area contributed by atoms with Gasteiger partial charge in [0.05, 0.1) is 10.8 Å². The minimum Gasteiger partial charge on any atom is -0.368 e. The van der Waals surface area contributed by atoms with Crippen molar-refractivity contribution in [1.82, 2.24) is 15.3 Å². The van der Waals surface area contributed by atoms with Gasteiger partial charge in [0.15, 0.2) is 0 Å². The average molecular weight is 417 g/mol. The van der Waals surface area contributed by atoms with Crippen LogP contribution in [0.1, 0.15) is 19.3 Å². The van der Waals surface area contributed by atoms with Gasteiger partial charge in [0.2, 0.25) is 11.8 Å². The van der Waals surface area contributed by atoms with Gasteiger partial charge < -0.3 is 9.80 Å². The summed E-state index contributed by atoms with van der Waals surface area (Å²) in [7, 11) is 1.88. The molecular weight excluding hydrogens is 390 g/mol. The van der Waals surface area contributed by atoms with Crippen molar-refractivity contribution in [2.45, 2.75) is 25.3 Å². The second-order valence-electron chi connectivity index (χ2n) is 8.73. The molecule has 3 aliphatic rings. The third-order valence-corrected chi connectivity index (χ3v) is 6.77. The Morgan fingerprint density at radius 3 is 2.33 bits per heavy atom. The van der Waals surface area contributed by atoms with E-state index in [1.165, 1.54) is 12.1 Å². The summed E-state index contributed by atoms with van der Waals surface area (Å²) in [5, 5.41) is 20.0. The molecule has 2 aliphatic heterocycles. The zero-order valence-corrected chi connectivity index (χ0v) is 17.0. The SMILES string of the molecule is CN1CC2(CC2)C[C@H](C(=O)NO)[C@H]1C(=O)N1CCN(c2ccc([N+](=O)[O-])cc2)CC1. The zero-order chi connectivity index (χ0) is 21.5. The van der Waals surface area contributed by atoms with Crippen molar-refractivity contribution < 1.29 is 19.7 Å². The molecule has 2 atom stereocenters. The predicted molar refractivity (Wildman–Crippen MR) is 108 cm³/mol. The molecule has 10 heteroatoms. The number of hydrogen-bond donors (Lipinski definition) is 2. The highest BCUT2D eigenvalue weighted by molar-refractivity contribution is 5.90. The van der Waals surface area contributed by atoms with Crippen LogP contribution in [0.5, 0.6) is 0 Å². The van der Waals surface area contributed by atoms with Gasteiger partial charge in [-0.25, -0.2) is 5.48 Å². The first-order valence-corrected chi connectivity index (χ1v) is 10.3. The second-order valence-corrected chi connectivity index (χ2v) is 8.73. The number of likely N-dealkylation sites (tertiary alicyclic amines) is 1. The maximum absolute atomic E-state index is 13.3. The van der Waals surface area contributed by atoms with Crippen molar-refractivity contribution >= 4 is 23.2 Å². The molecule has 1 aromatic rings. The lowest BCUT2D eigenvalue weighted by molar-refractivity contribution is -0.384. The number of rotatable bonds is 4. The van der Waals surface area contributed by atoms with Crippen molar-refractivity contribution in [3.63, 3.8) is 0 Å². The Morgan fingerprint density at radius 1 is 1.17 bits per heavy atom. The van der Waals surface area contributed by atoms with Gasteiger partial charge in [-0.15, -0.1) is 0 Å². The maximum Gasteiger partial charge on any atom is 0.269 e. The molecule has 30 heavy (non-hydrogen) atoms. The number of likely N-dealkylation sites (N-methyl/N-ethyl adjacent to an activating group) is 1. The zero-order valence-electron chi connectivity index (χ0n) is 17.0. The maximum atomic E-state index is 13.3. The topological polar surface area (TPSA) is 119 Å². The monoisotopic (exact) mass is 417 g/mol. The summed E-state index contributed by atoms with van der Waals surface area (Å²) in [6.45, 7) is 3.04. The van der Waals surface area contributed by atoms with E-state index in [-0.39, 0.29) is 17.0 Å². The molecule has 0 bridgehead atoms. The molecule has 2 N–H and O–H groups in total. The molecule has 162 valence electrons. The number of benzene rings is 1. The molecule has 0 aromatic heterocycles. The van der Waals surface area contributed by atoms with Gasteiger partial charge in [0.1, 0.15) is 6.04 Å². The largest absolute Gasteiger partial charge is 0.368 e. The van der Waals surface area contributed by atoms with E-state index in [0.29, 0.717) is 32.6 Å². The van der Waals surface area contributed by atoms with E-state index in [9.17, 15) is 24.9 Å². The summed E-state index contributed by atoms with van der Waals surface area (Å²) < 4.78 is 0. The minimum atomic E-state index is -0.575. The molecule has 10 nitrogen and oxygen atoms in total. The highest BCUT2D eigenvalue weighted by Crippen LogP contribution is 2.54. The van der Waals surface area contributed by atoms with Crippen molar-refractivity contribution in [3.05, 3.63) is 34.4 Å². The average Bonchev–Trinajstić information content (AvgIpc) is 3.50. The number of nitro groups is 1. The molecule has 0 unspecified atom stereocenters. The predicted octanol–water partition coefficient (Wildman–Crippen LogP) is 0.849. The van der Waals surface area contributed by atoms with Gasteiger partial charge in [-0.1, -0.05) is 0 Å². The minimum absolute atomic E-state index is 0.0505. The molecule has 4 rings (SSSR count). The molecule has 1 aliphatic carbocycles. The van der Waals surface area contributed by atoms with E-state index in [1.54, 1.807) is 22.5 Å². The van der Waals surface area contributed by atoms with E-state index in [0.717, 1.165) is 25.1 Å². The first kappa shape index (κ1) is 20.5. The van der Waals surface area contributed by atoms with Crippen LogP contribution >= 0.6 is 0 Å². The van der Waals surface area contributed by atoms with Gasteiger partial charge >= 0.3 is 0 Å². The van der Waals surface area contributed by atoms with Gasteiger partial charge in [-0.3, -0.25) is 29.8 Å². The van der Waals surface area contributed by atoms with Crippen molar-refractivity contribution in [2.75, 3.05) is 44.7 Å². The van der Waals surface area contributed by atoms with Crippen LogP contribution < -0.4 is 10.4 Å². The van der Waals surface area contributed by atoms with Crippen LogP contribution in [-0.4, -0.2) is 77.6 Å². The number of nitrogens with one attached hydrogen (secondary N) is 1. The van der Waals surface area contributed by atoms with E-state index >= 15 is 0 Å². The van der Waals surface area contributed by atoms with E-state index < -0.39 is 22.8 Å². The molecule has 1 aromatic carbocycles. The van der Waals surface area contributed by atoms with Crippen molar-refractivity contribution in [2.24, 2.45) is 11.3 Å². The van der Waals surface area contributed by atoms with E-state index in [2.05, 4.69) is 4.90 Å². The lowest BCUT2D eigenvalue weighted by Crippen LogP contribution is -2.61. The van der Waals surface area contributed by atoms with Crippen molar-refractivity contribution in [3.8, 4) is 0 Å². The molecule has 2 amide bonds. The summed E-state index contributed by atoms with van der Waals surface area (Å²) in [5.41, 5.74) is 2.80.